The molecule has 2 amide bonds. The van der Waals surface area contributed by atoms with Gasteiger partial charge in [0.15, 0.2) is 0 Å². The molecule has 0 saturated heterocycles. The van der Waals surface area contributed by atoms with Gasteiger partial charge in [0.2, 0.25) is 0 Å². The second kappa shape index (κ2) is 9.23. The standard InChI is InChI=1S/C28H28N2O2/c1-4-21-11-14-24(15-12-21)29-26-25(23-13-10-19(2)20(3)18-23)27(31)30(28(26)32)17-16-22-8-6-5-7-9-22/h5-15,18,29H,4,16-17H2,1-3H3. The summed E-state index contributed by atoms with van der Waals surface area (Å²) in [5.74, 6) is -0.527. The van der Waals surface area contributed by atoms with Crippen molar-refractivity contribution in [3.05, 3.63) is 106 Å². The molecule has 0 bridgehead atoms. The maximum Gasteiger partial charge on any atom is 0.278 e. The molecule has 1 aliphatic heterocycles. The second-order valence-electron chi connectivity index (χ2n) is 8.22. The Balaban J connectivity index is 1.68. The zero-order chi connectivity index (χ0) is 22.7. The summed E-state index contributed by atoms with van der Waals surface area (Å²) < 4.78 is 0. The molecule has 0 atom stereocenters. The predicted molar refractivity (Wildman–Crippen MR) is 129 cm³/mol. The first-order chi connectivity index (χ1) is 15.5. The van der Waals surface area contributed by atoms with Crippen molar-refractivity contribution in [2.75, 3.05) is 11.9 Å². The summed E-state index contributed by atoms with van der Waals surface area (Å²) >= 11 is 0. The molecule has 3 aromatic carbocycles. The Labute approximate surface area is 189 Å². The first kappa shape index (κ1) is 21.6. The lowest BCUT2D eigenvalue weighted by Gasteiger charge is -2.15. The average Bonchev–Trinajstić information content (AvgIpc) is 3.04. The van der Waals surface area contributed by atoms with E-state index in [0.717, 1.165) is 34.4 Å². The van der Waals surface area contributed by atoms with Gasteiger partial charge in [-0.2, -0.15) is 0 Å². The number of benzene rings is 3. The van der Waals surface area contributed by atoms with Crippen LogP contribution in [0.25, 0.3) is 5.57 Å². The van der Waals surface area contributed by atoms with Crippen LogP contribution in [0, 0.1) is 13.8 Å². The topological polar surface area (TPSA) is 49.4 Å². The Morgan fingerprint density at radius 3 is 2.16 bits per heavy atom. The Morgan fingerprint density at radius 1 is 0.781 bits per heavy atom. The van der Waals surface area contributed by atoms with Crippen molar-refractivity contribution >= 4 is 23.1 Å². The Kier molecular flexibility index (Phi) is 6.22. The number of amides is 2. The number of carbonyl (C=O) groups excluding carboxylic acids is 2. The molecule has 0 aliphatic carbocycles. The van der Waals surface area contributed by atoms with Crippen molar-refractivity contribution in [2.24, 2.45) is 0 Å². The number of nitrogens with zero attached hydrogens (tertiary/aromatic N) is 1. The van der Waals surface area contributed by atoms with Crippen LogP contribution >= 0.6 is 0 Å². The third-order valence-corrected chi connectivity index (χ3v) is 6.06. The molecular weight excluding hydrogens is 396 g/mol. The van der Waals surface area contributed by atoms with Crippen LogP contribution in [0.2, 0.25) is 0 Å². The van der Waals surface area contributed by atoms with E-state index in [0.29, 0.717) is 24.2 Å². The highest BCUT2D eigenvalue weighted by Gasteiger charge is 2.39. The molecule has 162 valence electrons. The number of nitrogens with one attached hydrogen (secondary N) is 1. The number of imide groups is 1. The number of carbonyl (C=O) groups is 2. The molecule has 1 aliphatic rings. The third kappa shape index (κ3) is 4.35. The fourth-order valence-electron chi connectivity index (χ4n) is 3.91. The summed E-state index contributed by atoms with van der Waals surface area (Å²) in [5.41, 5.74) is 6.89. The van der Waals surface area contributed by atoms with Gasteiger partial charge in [-0.25, -0.2) is 0 Å². The minimum Gasteiger partial charge on any atom is -0.350 e. The van der Waals surface area contributed by atoms with Gasteiger partial charge in [-0.3, -0.25) is 14.5 Å². The Morgan fingerprint density at radius 2 is 1.50 bits per heavy atom. The molecular formula is C28H28N2O2. The monoisotopic (exact) mass is 424 g/mol. The van der Waals surface area contributed by atoms with Gasteiger partial charge in [0.1, 0.15) is 5.70 Å². The summed E-state index contributed by atoms with van der Waals surface area (Å²) in [5, 5.41) is 3.25. The van der Waals surface area contributed by atoms with Gasteiger partial charge >= 0.3 is 0 Å². The van der Waals surface area contributed by atoms with E-state index in [1.54, 1.807) is 0 Å². The Hall–Kier alpha value is -3.66. The molecule has 1 heterocycles. The fourth-order valence-corrected chi connectivity index (χ4v) is 3.91. The van der Waals surface area contributed by atoms with Crippen LogP contribution in [0.3, 0.4) is 0 Å². The number of aryl methyl sites for hydroxylation is 3. The lowest BCUT2D eigenvalue weighted by molar-refractivity contribution is -0.136. The molecule has 4 nitrogen and oxygen atoms in total. The van der Waals surface area contributed by atoms with E-state index in [2.05, 4.69) is 12.2 Å². The molecule has 0 spiro atoms. The molecule has 0 unspecified atom stereocenters. The van der Waals surface area contributed by atoms with Gasteiger partial charge in [0, 0.05) is 12.2 Å². The number of hydrogen-bond acceptors (Lipinski definition) is 3. The zero-order valence-electron chi connectivity index (χ0n) is 18.8. The van der Waals surface area contributed by atoms with Crippen molar-refractivity contribution < 1.29 is 9.59 Å². The fraction of sp³-hybridized carbons (Fsp3) is 0.214. The van der Waals surface area contributed by atoms with Crippen LogP contribution in [0.1, 0.15) is 34.7 Å². The summed E-state index contributed by atoms with van der Waals surface area (Å²) in [6.45, 7) is 6.50. The molecule has 0 radical (unpaired) electrons. The van der Waals surface area contributed by atoms with Crippen LogP contribution < -0.4 is 5.32 Å². The highest BCUT2D eigenvalue weighted by molar-refractivity contribution is 6.36. The molecule has 1 N–H and O–H groups in total. The minimum atomic E-state index is -0.279. The first-order valence-electron chi connectivity index (χ1n) is 11.1. The van der Waals surface area contributed by atoms with Crippen molar-refractivity contribution in [2.45, 2.75) is 33.6 Å². The van der Waals surface area contributed by atoms with Gasteiger partial charge in [0.25, 0.3) is 11.8 Å². The van der Waals surface area contributed by atoms with E-state index in [1.807, 2.05) is 86.6 Å². The lowest BCUT2D eigenvalue weighted by atomic mass is 9.99. The van der Waals surface area contributed by atoms with E-state index in [-0.39, 0.29) is 11.8 Å². The first-order valence-corrected chi connectivity index (χ1v) is 11.1. The number of rotatable bonds is 7. The predicted octanol–water partition coefficient (Wildman–Crippen LogP) is 5.30. The largest absolute Gasteiger partial charge is 0.350 e. The van der Waals surface area contributed by atoms with E-state index < -0.39 is 0 Å². The molecule has 3 aromatic rings. The van der Waals surface area contributed by atoms with Crippen molar-refractivity contribution in [1.82, 2.24) is 4.90 Å². The summed E-state index contributed by atoms with van der Waals surface area (Å²) in [6.07, 6.45) is 1.57. The molecule has 0 aromatic heterocycles. The summed E-state index contributed by atoms with van der Waals surface area (Å²) in [6, 6.07) is 23.8. The summed E-state index contributed by atoms with van der Waals surface area (Å²) in [7, 11) is 0. The van der Waals surface area contributed by atoms with Gasteiger partial charge in [0.05, 0.1) is 5.57 Å². The highest BCUT2D eigenvalue weighted by atomic mass is 16.2. The maximum atomic E-state index is 13.4. The highest BCUT2D eigenvalue weighted by Crippen LogP contribution is 2.31. The Bertz CT molecular complexity index is 1180. The van der Waals surface area contributed by atoms with Crippen LogP contribution in [-0.2, 0) is 22.4 Å². The quantitative estimate of drug-likeness (QED) is 0.524. The zero-order valence-corrected chi connectivity index (χ0v) is 18.8. The molecule has 4 rings (SSSR count). The maximum absolute atomic E-state index is 13.4. The normalized spacial score (nSPS) is 13.8. The van der Waals surface area contributed by atoms with Gasteiger partial charge in [-0.15, -0.1) is 0 Å². The van der Waals surface area contributed by atoms with Gasteiger partial charge < -0.3 is 5.32 Å². The van der Waals surface area contributed by atoms with E-state index in [4.69, 9.17) is 0 Å². The van der Waals surface area contributed by atoms with Crippen LogP contribution in [0.15, 0.2) is 78.5 Å². The van der Waals surface area contributed by atoms with Gasteiger partial charge in [-0.1, -0.05) is 67.6 Å². The van der Waals surface area contributed by atoms with Gasteiger partial charge in [-0.05, 0) is 66.6 Å². The van der Waals surface area contributed by atoms with Crippen molar-refractivity contribution in [3.8, 4) is 0 Å². The smallest absolute Gasteiger partial charge is 0.278 e. The molecule has 0 fully saturated rings. The second-order valence-corrected chi connectivity index (χ2v) is 8.22. The number of anilines is 1. The van der Waals surface area contributed by atoms with E-state index in [9.17, 15) is 9.59 Å². The minimum absolute atomic E-state index is 0.248. The SMILES string of the molecule is CCc1ccc(NC2=C(c3ccc(C)c(C)c3)C(=O)N(CCc3ccccc3)C2=O)cc1. The van der Waals surface area contributed by atoms with Crippen molar-refractivity contribution in [1.29, 1.82) is 0 Å². The lowest BCUT2D eigenvalue weighted by Crippen LogP contribution is -2.34. The molecule has 32 heavy (non-hydrogen) atoms. The molecule has 4 heteroatoms. The third-order valence-electron chi connectivity index (χ3n) is 6.06. The summed E-state index contributed by atoms with van der Waals surface area (Å²) in [4.78, 5) is 28.2. The van der Waals surface area contributed by atoms with E-state index >= 15 is 0 Å². The molecule has 0 saturated carbocycles. The van der Waals surface area contributed by atoms with Crippen LogP contribution in [0.5, 0.6) is 0 Å². The van der Waals surface area contributed by atoms with Crippen molar-refractivity contribution in [3.63, 3.8) is 0 Å². The van der Waals surface area contributed by atoms with Crippen LogP contribution in [0.4, 0.5) is 5.69 Å². The average molecular weight is 425 g/mol. The van der Waals surface area contributed by atoms with Crippen LogP contribution in [-0.4, -0.2) is 23.3 Å². The van der Waals surface area contributed by atoms with E-state index in [1.165, 1.54) is 10.5 Å². The number of hydrogen-bond donors (Lipinski definition) is 1.